The van der Waals surface area contributed by atoms with Gasteiger partial charge in [0.2, 0.25) is 5.76 Å². The Hall–Kier alpha value is -2.63. The van der Waals surface area contributed by atoms with Crippen LogP contribution in [-0.4, -0.2) is 22.0 Å². The van der Waals surface area contributed by atoms with Gasteiger partial charge < -0.3 is 14.8 Å². The highest BCUT2D eigenvalue weighted by molar-refractivity contribution is 6.03. The molecule has 1 aromatic carbocycles. The number of oxazole rings is 1. The van der Waals surface area contributed by atoms with Crippen LogP contribution in [0.4, 0.5) is 5.69 Å². The van der Waals surface area contributed by atoms with E-state index in [1.54, 1.807) is 26.0 Å². The van der Waals surface area contributed by atoms with Crippen LogP contribution in [0.3, 0.4) is 0 Å². The summed E-state index contributed by atoms with van der Waals surface area (Å²) in [6.07, 6.45) is 2.10. The number of benzene rings is 1. The SMILES string of the molecule is Cc1cc(NC(=O)c2oc(C3CC3)nc2C)ccc1C(=O)O. The zero-order valence-electron chi connectivity index (χ0n) is 12.3. The maximum atomic E-state index is 12.3. The number of carboxylic acid groups (broad SMARTS) is 1. The largest absolute Gasteiger partial charge is 0.478 e. The number of amides is 1. The van der Waals surface area contributed by atoms with Gasteiger partial charge in [0.15, 0.2) is 5.89 Å². The van der Waals surface area contributed by atoms with E-state index in [1.807, 2.05) is 0 Å². The molecule has 0 aliphatic heterocycles. The quantitative estimate of drug-likeness (QED) is 0.905. The minimum Gasteiger partial charge on any atom is -0.478 e. The molecular formula is C16H16N2O4. The molecule has 0 radical (unpaired) electrons. The molecule has 1 saturated carbocycles. The summed E-state index contributed by atoms with van der Waals surface area (Å²) in [6.45, 7) is 3.42. The maximum Gasteiger partial charge on any atom is 0.335 e. The number of nitrogens with one attached hydrogen (secondary N) is 1. The number of aromatic carboxylic acids is 1. The van der Waals surface area contributed by atoms with Gasteiger partial charge in [-0.15, -0.1) is 0 Å². The van der Waals surface area contributed by atoms with Gasteiger partial charge in [-0.2, -0.15) is 0 Å². The summed E-state index contributed by atoms with van der Waals surface area (Å²) in [5, 5.41) is 11.7. The molecule has 3 rings (SSSR count). The van der Waals surface area contributed by atoms with Gasteiger partial charge in [0.1, 0.15) is 0 Å². The summed E-state index contributed by atoms with van der Waals surface area (Å²) < 4.78 is 5.55. The van der Waals surface area contributed by atoms with Crippen molar-refractivity contribution < 1.29 is 19.1 Å². The van der Waals surface area contributed by atoms with Gasteiger partial charge in [-0.25, -0.2) is 9.78 Å². The van der Waals surface area contributed by atoms with Gasteiger partial charge in [-0.3, -0.25) is 4.79 Å². The number of carbonyl (C=O) groups is 2. The van der Waals surface area contributed by atoms with Crippen molar-refractivity contribution >= 4 is 17.6 Å². The smallest absolute Gasteiger partial charge is 0.335 e. The number of carbonyl (C=O) groups excluding carboxylic acids is 1. The first-order valence-corrected chi connectivity index (χ1v) is 7.08. The van der Waals surface area contributed by atoms with E-state index in [9.17, 15) is 9.59 Å². The first-order chi connectivity index (χ1) is 10.5. The monoisotopic (exact) mass is 300 g/mol. The summed E-state index contributed by atoms with van der Waals surface area (Å²) in [5.74, 6) is -0.186. The highest BCUT2D eigenvalue weighted by atomic mass is 16.4. The van der Waals surface area contributed by atoms with Crippen LogP contribution in [0, 0.1) is 13.8 Å². The van der Waals surface area contributed by atoms with Crippen molar-refractivity contribution in [2.75, 3.05) is 5.32 Å². The van der Waals surface area contributed by atoms with Crippen LogP contribution in [0.15, 0.2) is 22.6 Å². The van der Waals surface area contributed by atoms with Crippen molar-refractivity contribution in [2.24, 2.45) is 0 Å². The molecule has 1 aliphatic carbocycles. The molecule has 6 nitrogen and oxygen atoms in total. The predicted molar refractivity (Wildman–Crippen MR) is 79.3 cm³/mol. The zero-order chi connectivity index (χ0) is 15.9. The molecule has 1 fully saturated rings. The van der Waals surface area contributed by atoms with Crippen LogP contribution in [0.5, 0.6) is 0 Å². The number of hydrogen-bond acceptors (Lipinski definition) is 4. The Morgan fingerprint density at radius 2 is 2.05 bits per heavy atom. The first-order valence-electron chi connectivity index (χ1n) is 7.08. The molecule has 0 unspecified atom stereocenters. The molecule has 1 amide bonds. The predicted octanol–water partition coefficient (Wildman–Crippen LogP) is 3.12. The standard InChI is InChI=1S/C16H16N2O4/c1-8-7-11(5-6-12(8)16(20)21)18-14(19)13-9(2)17-15(22-13)10-3-4-10/h5-7,10H,3-4H2,1-2H3,(H,18,19)(H,20,21). The summed E-state index contributed by atoms with van der Waals surface area (Å²) >= 11 is 0. The molecule has 114 valence electrons. The Labute approximate surface area is 127 Å². The number of aromatic nitrogens is 1. The second-order valence-corrected chi connectivity index (χ2v) is 5.53. The lowest BCUT2D eigenvalue weighted by Gasteiger charge is -2.06. The molecule has 0 atom stereocenters. The fourth-order valence-corrected chi connectivity index (χ4v) is 2.30. The summed E-state index contributed by atoms with van der Waals surface area (Å²) in [5.41, 5.74) is 1.89. The molecule has 1 aromatic heterocycles. The van der Waals surface area contributed by atoms with Crippen LogP contribution in [0.1, 0.15) is 56.8 Å². The number of rotatable bonds is 4. The van der Waals surface area contributed by atoms with Crippen molar-refractivity contribution in [3.05, 3.63) is 46.7 Å². The summed E-state index contributed by atoms with van der Waals surface area (Å²) in [6, 6.07) is 4.65. The van der Waals surface area contributed by atoms with Crippen molar-refractivity contribution in [2.45, 2.75) is 32.6 Å². The van der Waals surface area contributed by atoms with Gasteiger partial charge in [0, 0.05) is 11.6 Å². The van der Waals surface area contributed by atoms with E-state index in [1.165, 1.54) is 6.07 Å². The molecule has 2 N–H and O–H groups in total. The molecule has 22 heavy (non-hydrogen) atoms. The third-order valence-corrected chi connectivity index (χ3v) is 3.66. The van der Waals surface area contributed by atoms with E-state index in [0.29, 0.717) is 28.8 Å². The van der Waals surface area contributed by atoms with Gasteiger partial charge in [-0.1, -0.05) is 0 Å². The van der Waals surface area contributed by atoms with Crippen molar-refractivity contribution in [1.82, 2.24) is 4.98 Å². The highest BCUT2D eigenvalue weighted by Gasteiger charge is 2.30. The average Bonchev–Trinajstić information content (AvgIpc) is 3.21. The molecule has 6 heteroatoms. The number of anilines is 1. The number of hydrogen-bond donors (Lipinski definition) is 2. The van der Waals surface area contributed by atoms with Crippen molar-refractivity contribution in [3.63, 3.8) is 0 Å². The van der Waals surface area contributed by atoms with Crippen LogP contribution in [-0.2, 0) is 0 Å². The van der Waals surface area contributed by atoms with E-state index in [-0.39, 0.29) is 17.2 Å². The minimum absolute atomic E-state index is 0.210. The Kier molecular flexibility index (Phi) is 3.44. The Morgan fingerprint density at radius 1 is 1.32 bits per heavy atom. The summed E-state index contributed by atoms with van der Waals surface area (Å²) in [7, 11) is 0. The van der Waals surface area contributed by atoms with Gasteiger partial charge in [-0.05, 0) is 50.5 Å². The topological polar surface area (TPSA) is 92.4 Å². The fourth-order valence-electron chi connectivity index (χ4n) is 2.30. The molecule has 0 saturated heterocycles. The Bertz CT molecular complexity index is 760. The highest BCUT2D eigenvalue weighted by Crippen LogP contribution is 2.40. The maximum absolute atomic E-state index is 12.3. The third-order valence-electron chi connectivity index (χ3n) is 3.66. The van der Waals surface area contributed by atoms with E-state index < -0.39 is 5.97 Å². The molecular weight excluding hydrogens is 284 g/mol. The first kappa shape index (κ1) is 14.3. The number of aryl methyl sites for hydroxylation is 2. The van der Waals surface area contributed by atoms with Crippen molar-refractivity contribution in [3.8, 4) is 0 Å². The second-order valence-electron chi connectivity index (χ2n) is 5.53. The third kappa shape index (κ3) is 2.72. The molecule has 1 aliphatic rings. The fraction of sp³-hybridized carbons (Fsp3) is 0.312. The van der Waals surface area contributed by atoms with Gasteiger partial charge >= 0.3 is 5.97 Å². The lowest BCUT2D eigenvalue weighted by atomic mass is 10.1. The molecule has 0 spiro atoms. The lowest BCUT2D eigenvalue weighted by molar-refractivity contribution is 0.0696. The van der Waals surface area contributed by atoms with Crippen LogP contribution >= 0.6 is 0 Å². The summed E-state index contributed by atoms with van der Waals surface area (Å²) in [4.78, 5) is 27.5. The van der Waals surface area contributed by atoms with Crippen molar-refractivity contribution in [1.29, 1.82) is 0 Å². The van der Waals surface area contributed by atoms with Gasteiger partial charge in [0.05, 0.1) is 11.3 Å². The van der Waals surface area contributed by atoms with Crippen LogP contribution < -0.4 is 5.32 Å². The average molecular weight is 300 g/mol. The normalized spacial score (nSPS) is 13.9. The van der Waals surface area contributed by atoms with Crippen LogP contribution in [0.25, 0.3) is 0 Å². The lowest BCUT2D eigenvalue weighted by Crippen LogP contribution is -2.13. The molecule has 2 aromatic rings. The number of carboxylic acids is 1. The Balaban J connectivity index is 1.79. The zero-order valence-corrected chi connectivity index (χ0v) is 12.3. The molecule has 0 bridgehead atoms. The van der Waals surface area contributed by atoms with E-state index >= 15 is 0 Å². The second kappa shape index (κ2) is 5.29. The van der Waals surface area contributed by atoms with E-state index in [0.717, 1.165) is 12.8 Å². The van der Waals surface area contributed by atoms with Gasteiger partial charge in [0.25, 0.3) is 5.91 Å². The van der Waals surface area contributed by atoms with Crippen LogP contribution in [0.2, 0.25) is 0 Å². The van der Waals surface area contributed by atoms with E-state index in [4.69, 9.17) is 9.52 Å². The minimum atomic E-state index is -0.990. The number of nitrogens with zero attached hydrogens (tertiary/aromatic N) is 1. The van der Waals surface area contributed by atoms with E-state index in [2.05, 4.69) is 10.3 Å². The Morgan fingerprint density at radius 3 is 2.64 bits per heavy atom. The molecule has 1 heterocycles.